The summed E-state index contributed by atoms with van der Waals surface area (Å²) in [5, 5.41) is 0. The van der Waals surface area contributed by atoms with Crippen molar-refractivity contribution < 1.29 is 12.8 Å². The van der Waals surface area contributed by atoms with Crippen LogP contribution in [0.2, 0.25) is 0 Å². The Hall–Kier alpha value is -0.660. The topological polar surface area (TPSA) is 52.0 Å². The van der Waals surface area contributed by atoms with Gasteiger partial charge in [-0.3, -0.25) is 0 Å². The average Bonchev–Trinajstić information content (AvgIpc) is 2.65. The van der Waals surface area contributed by atoms with Crippen molar-refractivity contribution in [1.29, 1.82) is 0 Å². The molecule has 2 rings (SSSR count). The third kappa shape index (κ3) is 3.15. The summed E-state index contributed by atoms with van der Waals surface area (Å²) in [6.45, 7) is 1.75. The Bertz CT molecular complexity index is 760. The standard InChI is InChI=1S/C12H13BrClFN2O2S/c1-7(6-20(2,18)19)17-11-4-9(15)8(13)3-10(11)16-12(17)5-14/h3-4,7H,5-6H2,1-2H3. The van der Waals surface area contributed by atoms with Gasteiger partial charge in [0, 0.05) is 18.4 Å². The Labute approximate surface area is 130 Å². The summed E-state index contributed by atoms with van der Waals surface area (Å²) >= 11 is 8.96. The molecular formula is C12H13BrClFN2O2S. The van der Waals surface area contributed by atoms with Crippen LogP contribution >= 0.6 is 27.5 Å². The highest BCUT2D eigenvalue weighted by Crippen LogP contribution is 2.27. The van der Waals surface area contributed by atoms with Gasteiger partial charge in [0.05, 0.1) is 27.1 Å². The molecule has 1 atom stereocenters. The predicted molar refractivity (Wildman–Crippen MR) is 81.4 cm³/mol. The molecular weight excluding hydrogens is 371 g/mol. The van der Waals surface area contributed by atoms with E-state index in [1.54, 1.807) is 17.6 Å². The van der Waals surface area contributed by atoms with Crippen LogP contribution in [0.4, 0.5) is 4.39 Å². The van der Waals surface area contributed by atoms with E-state index in [0.717, 1.165) is 0 Å². The van der Waals surface area contributed by atoms with Crippen LogP contribution in [0, 0.1) is 5.82 Å². The highest BCUT2D eigenvalue weighted by atomic mass is 79.9. The van der Waals surface area contributed by atoms with Gasteiger partial charge in [-0.25, -0.2) is 17.8 Å². The molecule has 0 aliphatic carbocycles. The summed E-state index contributed by atoms with van der Waals surface area (Å²) in [4.78, 5) is 4.32. The number of hydrogen-bond acceptors (Lipinski definition) is 3. The van der Waals surface area contributed by atoms with E-state index in [1.807, 2.05) is 0 Å². The van der Waals surface area contributed by atoms with Gasteiger partial charge in [-0.15, -0.1) is 11.6 Å². The van der Waals surface area contributed by atoms with Gasteiger partial charge in [0.1, 0.15) is 21.5 Å². The molecule has 0 saturated carbocycles. The van der Waals surface area contributed by atoms with Gasteiger partial charge in [0.2, 0.25) is 0 Å². The van der Waals surface area contributed by atoms with E-state index in [1.165, 1.54) is 12.3 Å². The molecule has 1 heterocycles. The molecule has 2 aromatic rings. The number of imidazole rings is 1. The molecule has 4 nitrogen and oxygen atoms in total. The van der Waals surface area contributed by atoms with Crippen molar-refractivity contribution in [2.75, 3.05) is 12.0 Å². The van der Waals surface area contributed by atoms with Crippen molar-refractivity contribution in [2.24, 2.45) is 0 Å². The number of nitrogens with zero attached hydrogens (tertiary/aromatic N) is 2. The zero-order chi connectivity index (χ0) is 15.1. The molecule has 0 saturated heterocycles. The summed E-state index contributed by atoms with van der Waals surface area (Å²) in [5.74, 6) is 0.170. The van der Waals surface area contributed by atoms with E-state index in [0.29, 0.717) is 21.3 Å². The minimum atomic E-state index is -3.16. The summed E-state index contributed by atoms with van der Waals surface area (Å²) in [6, 6.07) is 2.52. The largest absolute Gasteiger partial charge is 0.323 e. The van der Waals surface area contributed by atoms with E-state index in [9.17, 15) is 12.8 Å². The van der Waals surface area contributed by atoms with Crippen molar-refractivity contribution in [3.05, 3.63) is 28.2 Å². The molecule has 20 heavy (non-hydrogen) atoms. The third-order valence-electron chi connectivity index (χ3n) is 2.91. The van der Waals surface area contributed by atoms with E-state index in [-0.39, 0.29) is 17.7 Å². The summed E-state index contributed by atoms with van der Waals surface area (Å²) in [5.41, 5.74) is 1.12. The van der Waals surface area contributed by atoms with E-state index >= 15 is 0 Å². The normalized spacial score (nSPS) is 13.8. The van der Waals surface area contributed by atoms with Gasteiger partial charge in [0.25, 0.3) is 0 Å². The molecule has 1 unspecified atom stereocenters. The molecule has 0 fully saturated rings. The molecule has 0 spiro atoms. The first-order valence-corrected chi connectivity index (χ1v) is 9.21. The van der Waals surface area contributed by atoms with Gasteiger partial charge in [0.15, 0.2) is 0 Å². The lowest BCUT2D eigenvalue weighted by Gasteiger charge is -2.16. The maximum absolute atomic E-state index is 13.7. The summed E-state index contributed by atoms with van der Waals surface area (Å²) in [6.07, 6.45) is 1.17. The average molecular weight is 384 g/mol. The Morgan fingerprint density at radius 3 is 2.70 bits per heavy atom. The molecule has 0 radical (unpaired) electrons. The smallest absolute Gasteiger partial charge is 0.149 e. The fourth-order valence-corrected chi connectivity index (χ4v) is 3.78. The second-order valence-electron chi connectivity index (χ2n) is 4.73. The van der Waals surface area contributed by atoms with Crippen LogP contribution in [-0.2, 0) is 15.7 Å². The molecule has 1 aromatic carbocycles. The van der Waals surface area contributed by atoms with Gasteiger partial charge in [-0.1, -0.05) is 0 Å². The van der Waals surface area contributed by atoms with Crippen LogP contribution < -0.4 is 0 Å². The van der Waals surface area contributed by atoms with Gasteiger partial charge >= 0.3 is 0 Å². The SMILES string of the molecule is CC(CS(C)(=O)=O)n1c(CCl)nc2cc(Br)c(F)cc21. The van der Waals surface area contributed by atoms with Crippen LogP contribution in [0.25, 0.3) is 11.0 Å². The Kier molecular flexibility index (Phi) is 4.41. The second kappa shape index (κ2) is 5.61. The number of benzene rings is 1. The lowest BCUT2D eigenvalue weighted by Crippen LogP contribution is -2.18. The van der Waals surface area contributed by atoms with Crippen LogP contribution in [0.15, 0.2) is 16.6 Å². The number of alkyl halides is 1. The lowest BCUT2D eigenvalue weighted by molar-refractivity contribution is 0.560. The van der Waals surface area contributed by atoms with Crippen molar-refractivity contribution in [3.63, 3.8) is 0 Å². The fraction of sp³-hybridized carbons (Fsp3) is 0.417. The number of hydrogen-bond donors (Lipinski definition) is 0. The van der Waals surface area contributed by atoms with Gasteiger partial charge < -0.3 is 4.57 Å². The third-order valence-corrected chi connectivity index (χ3v) is 4.84. The van der Waals surface area contributed by atoms with Crippen LogP contribution in [0.5, 0.6) is 0 Å². The molecule has 0 aliphatic heterocycles. The summed E-state index contributed by atoms with van der Waals surface area (Å²) in [7, 11) is -3.16. The Balaban J connectivity index is 2.63. The lowest BCUT2D eigenvalue weighted by atomic mass is 10.3. The van der Waals surface area contributed by atoms with Gasteiger partial charge in [-0.05, 0) is 28.9 Å². The second-order valence-corrected chi connectivity index (χ2v) is 8.03. The monoisotopic (exact) mass is 382 g/mol. The van der Waals surface area contributed by atoms with E-state index in [2.05, 4.69) is 20.9 Å². The van der Waals surface area contributed by atoms with Crippen molar-refractivity contribution in [1.82, 2.24) is 9.55 Å². The highest BCUT2D eigenvalue weighted by Gasteiger charge is 2.20. The zero-order valence-corrected chi connectivity index (χ0v) is 14.1. The first-order chi connectivity index (χ1) is 9.23. The Morgan fingerprint density at radius 2 is 2.15 bits per heavy atom. The fourth-order valence-electron chi connectivity index (χ4n) is 2.24. The Morgan fingerprint density at radius 1 is 1.50 bits per heavy atom. The molecule has 0 amide bonds. The number of fused-ring (bicyclic) bond motifs is 1. The van der Waals surface area contributed by atoms with Gasteiger partial charge in [-0.2, -0.15) is 0 Å². The number of halogens is 3. The quantitative estimate of drug-likeness (QED) is 0.761. The maximum Gasteiger partial charge on any atom is 0.149 e. The number of sulfone groups is 1. The molecule has 110 valence electrons. The number of rotatable bonds is 4. The molecule has 0 bridgehead atoms. The predicted octanol–water partition coefficient (Wildman–Crippen LogP) is 3.28. The molecule has 8 heteroatoms. The molecule has 1 aromatic heterocycles. The molecule has 0 N–H and O–H groups in total. The van der Waals surface area contributed by atoms with E-state index in [4.69, 9.17) is 11.6 Å². The zero-order valence-electron chi connectivity index (χ0n) is 10.9. The van der Waals surface area contributed by atoms with Crippen molar-refractivity contribution in [2.45, 2.75) is 18.8 Å². The van der Waals surface area contributed by atoms with Crippen molar-refractivity contribution >= 4 is 48.4 Å². The van der Waals surface area contributed by atoms with Crippen LogP contribution in [0.3, 0.4) is 0 Å². The minimum Gasteiger partial charge on any atom is -0.323 e. The van der Waals surface area contributed by atoms with Crippen molar-refractivity contribution in [3.8, 4) is 0 Å². The molecule has 0 aliphatic rings. The highest BCUT2D eigenvalue weighted by molar-refractivity contribution is 9.10. The summed E-state index contributed by atoms with van der Waals surface area (Å²) < 4.78 is 38.6. The number of aromatic nitrogens is 2. The van der Waals surface area contributed by atoms with Crippen LogP contribution in [0.1, 0.15) is 18.8 Å². The first-order valence-electron chi connectivity index (χ1n) is 5.82. The van der Waals surface area contributed by atoms with Crippen LogP contribution in [-0.4, -0.2) is 30.0 Å². The van der Waals surface area contributed by atoms with E-state index < -0.39 is 15.7 Å². The first kappa shape index (κ1) is 15.7. The maximum atomic E-state index is 13.7. The minimum absolute atomic E-state index is 0.0555.